The molecule has 0 fully saturated rings. The zero-order chi connectivity index (χ0) is 13.8. The highest BCUT2D eigenvalue weighted by Crippen LogP contribution is 2.17. The van der Waals surface area contributed by atoms with E-state index in [-0.39, 0.29) is 5.91 Å². The highest BCUT2D eigenvalue weighted by molar-refractivity contribution is 7.11. The molecule has 100 valence electrons. The summed E-state index contributed by atoms with van der Waals surface area (Å²) in [5.74, 6) is 0.0323. The van der Waals surface area contributed by atoms with Gasteiger partial charge in [0.1, 0.15) is 4.88 Å². The molecule has 1 aromatic carbocycles. The van der Waals surface area contributed by atoms with Crippen LogP contribution in [0.2, 0.25) is 0 Å². The summed E-state index contributed by atoms with van der Waals surface area (Å²) in [5, 5.41) is 0. The molecular formula is C14H17N3OS. The van der Waals surface area contributed by atoms with Crippen molar-refractivity contribution >= 4 is 22.9 Å². The second kappa shape index (κ2) is 5.84. The van der Waals surface area contributed by atoms with Gasteiger partial charge >= 0.3 is 0 Å². The molecule has 2 aromatic rings. The van der Waals surface area contributed by atoms with Gasteiger partial charge in [0.05, 0.1) is 11.2 Å². The number of benzene rings is 1. The molecule has 2 N–H and O–H groups in total. The molecule has 5 heteroatoms. The van der Waals surface area contributed by atoms with Crippen LogP contribution in [-0.2, 0) is 6.54 Å². The van der Waals surface area contributed by atoms with Gasteiger partial charge in [0.25, 0.3) is 5.91 Å². The highest BCUT2D eigenvalue weighted by atomic mass is 32.1. The first-order valence-corrected chi connectivity index (χ1v) is 7.03. The molecule has 0 aliphatic rings. The minimum Gasteiger partial charge on any atom is -0.399 e. The van der Waals surface area contributed by atoms with Gasteiger partial charge in [-0.15, -0.1) is 11.3 Å². The average Bonchev–Trinajstić information content (AvgIpc) is 2.81. The topological polar surface area (TPSA) is 59.2 Å². The first-order valence-electron chi connectivity index (χ1n) is 6.15. The Balaban J connectivity index is 2.17. The fourth-order valence-corrected chi connectivity index (χ4v) is 2.66. The third-order valence-electron chi connectivity index (χ3n) is 2.93. The smallest absolute Gasteiger partial charge is 0.266 e. The Morgan fingerprint density at radius 2 is 2.26 bits per heavy atom. The summed E-state index contributed by atoms with van der Waals surface area (Å²) < 4.78 is 0. The molecule has 0 aliphatic heterocycles. The lowest BCUT2D eigenvalue weighted by Gasteiger charge is -2.20. The van der Waals surface area contributed by atoms with E-state index in [4.69, 9.17) is 5.73 Å². The number of nitrogen functional groups attached to an aromatic ring is 1. The number of aryl methyl sites for hydroxylation is 1. The second-order valence-electron chi connectivity index (χ2n) is 4.33. The standard InChI is InChI=1S/C14H17N3OS/c1-3-17(8-11-5-4-6-12(15)7-11)14(18)13-10(2)16-9-19-13/h4-7,9H,3,8,15H2,1-2H3. The van der Waals surface area contributed by atoms with Gasteiger partial charge in [-0.05, 0) is 31.5 Å². The molecule has 0 saturated heterocycles. The predicted octanol–water partition coefficient (Wildman–Crippen LogP) is 2.70. The zero-order valence-corrected chi connectivity index (χ0v) is 11.9. The zero-order valence-electron chi connectivity index (χ0n) is 11.1. The van der Waals surface area contributed by atoms with Gasteiger partial charge in [-0.2, -0.15) is 0 Å². The summed E-state index contributed by atoms with van der Waals surface area (Å²) in [4.78, 5) is 19.1. The van der Waals surface area contributed by atoms with E-state index < -0.39 is 0 Å². The summed E-state index contributed by atoms with van der Waals surface area (Å²) in [6.45, 7) is 5.06. The number of carbonyl (C=O) groups excluding carboxylic acids is 1. The molecule has 1 heterocycles. The highest BCUT2D eigenvalue weighted by Gasteiger charge is 2.18. The van der Waals surface area contributed by atoms with Crippen molar-refractivity contribution in [3.8, 4) is 0 Å². The predicted molar refractivity (Wildman–Crippen MR) is 78.1 cm³/mol. The van der Waals surface area contributed by atoms with Gasteiger partial charge in [-0.25, -0.2) is 4.98 Å². The van der Waals surface area contributed by atoms with E-state index in [1.807, 2.05) is 38.1 Å². The summed E-state index contributed by atoms with van der Waals surface area (Å²) in [5.41, 5.74) is 10.0. The number of anilines is 1. The van der Waals surface area contributed by atoms with Crippen molar-refractivity contribution in [1.29, 1.82) is 0 Å². The van der Waals surface area contributed by atoms with Gasteiger partial charge < -0.3 is 10.6 Å². The van der Waals surface area contributed by atoms with Crippen molar-refractivity contribution in [2.75, 3.05) is 12.3 Å². The number of carbonyl (C=O) groups is 1. The van der Waals surface area contributed by atoms with Gasteiger partial charge in [0, 0.05) is 18.8 Å². The van der Waals surface area contributed by atoms with Crippen molar-refractivity contribution in [2.24, 2.45) is 0 Å². The van der Waals surface area contributed by atoms with Crippen LogP contribution in [0.15, 0.2) is 29.8 Å². The molecule has 0 atom stereocenters. The van der Waals surface area contributed by atoms with Crippen LogP contribution in [0.1, 0.15) is 27.9 Å². The summed E-state index contributed by atoms with van der Waals surface area (Å²) in [7, 11) is 0. The Morgan fingerprint density at radius 3 is 2.84 bits per heavy atom. The van der Waals surface area contributed by atoms with Gasteiger partial charge in [-0.1, -0.05) is 12.1 Å². The SMILES string of the molecule is CCN(Cc1cccc(N)c1)C(=O)c1scnc1C. The monoisotopic (exact) mass is 275 g/mol. The van der Waals surface area contributed by atoms with E-state index in [0.29, 0.717) is 18.0 Å². The van der Waals surface area contributed by atoms with Crippen molar-refractivity contribution in [2.45, 2.75) is 20.4 Å². The van der Waals surface area contributed by atoms with Gasteiger partial charge in [0.2, 0.25) is 0 Å². The maximum absolute atomic E-state index is 12.4. The number of hydrogen-bond acceptors (Lipinski definition) is 4. The third-order valence-corrected chi connectivity index (χ3v) is 3.85. The number of aromatic nitrogens is 1. The minimum absolute atomic E-state index is 0.0323. The molecule has 4 nitrogen and oxygen atoms in total. The minimum atomic E-state index is 0.0323. The number of nitrogens with zero attached hydrogens (tertiary/aromatic N) is 2. The van der Waals surface area contributed by atoms with Crippen molar-refractivity contribution in [1.82, 2.24) is 9.88 Å². The summed E-state index contributed by atoms with van der Waals surface area (Å²) in [6, 6.07) is 7.62. The Labute approximate surface area is 116 Å². The van der Waals surface area contributed by atoms with Gasteiger partial charge in [-0.3, -0.25) is 4.79 Å². The molecule has 0 bridgehead atoms. The van der Waals surface area contributed by atoms with Crippen LogP contribution in [0.3, 0.4) is 0 Å². The number of rotatable bonds is 4. The maximum atomic E-state index is 12.4. The van der Waals surface area contributed by atoms with Crippen LogP contribution >= 0.6 is 11.3 Å². The van der Waals surface area contributed by atoms with Crippen LogP contribution in [-0.4, -0.2) is 22.3 Å². The molecule has 19 heavy (non-hydrogen) atoms. The fourth-order valence-electron chi connectivity index (χ4n) is 1.89. The van der Waals surface area contributed by atoms with E-state index in [1.165, 1.54) is 11.3 Å². The largest absolute Gasteiger partial charge is 0.399 e. The Morgan fingerprint density at radius 1 is 1.47 bits per heavy atom. The Bertz CT molecular complexity index is 580. The van der Waals surface area contributed by atoms with E-state index >= 15 is 0 Å². The van der Waals surface area contributed by atoms with Crippen molar-refractivity contribution < 1.29 is 4.79 Å². The van der Waals surface area contributed by atoms with Crippen molar-refractivity contribution in [3.05, 3.63) is 45.9 Å². The Hall–Kier alpha value is -1.88. The first kappa shape index (κ1) is 13.5. The summed E-state index contributed by atoms with van der Waals surface area (Å²) in [6.07, 6.45) is 0. The molecule has 0 spiro atoms. The van der Waals surface area contributed by atoms with Crippen LogP contribution in [0.5, 0.6) is 0 Å². The average molecular weight is 275 g/mol. The second-order valence-corrected chi connectivity index (χ2v) is 5.19. The molecule has 0 saturated carbocycles. The molecule has 0 unspecified atom stereocenters. The van der Waals surface area contributed by atoms with E-state index in [1.54, 1.807) is 10.4 Å². The van der Waals surface area contributed by atoms with Crippen molar-refractivity contribution in [3.63, 3.8) is 0 Å². The van der Waals surface area contributed by atoms with Gasteiger partial charge in [0.15, 0.2) is 0 Å². The molecule has 1 amide bonds. The first-order chi connectivity index (χ1) is 9.11. The van der Waals surface area contributed by atoms with E-state index in [2.05, 4.69) is 4.98 Å². The maximum Gasteiger partial charge on any atom is 0.266 e. The van der Waals surface area contributed by atoms with Crippen LogP contribution in [0.25, 0.3) is 0 Å². The fraction of sp³-hybridized carbons (Fsp3) is 0.286. The number of nitrogens with two attached hydrogens (primary N) is 1. The molecule has 2 rings (SSSR count). The third kappa shape index (κ3) is 3.12. The number of thiazole rings is 1. The normalized spacial score (nSPS) is 10.4. The number of amides is 1. The number of hydrogen-bond donors (Lipinski definition) is 1. The molecular weight excluding hydrogens is 258 g/mol. The van der Waals surface area contributed by atoms with Crippen LogP contribution in [0, 0.1) is 6.92 Å². The quantitative estimate of drug-likeness (QED) is 0.873. The Kier molecular flexibility index (Phi) is 4.16. The summed E-state index contributed by atoms with van der Waals surface area (Å²) >= 11 is 1.39. The van der Waals surface area contributed by atoms with Crippen LogP contribution < -0.4 is 5.73 Å². The van der Waals surface area contributed by atoms with E-state index in [9.17, 15) is 4.79 Å². The lowest BCUT2D eigenvalue weighted by atomic mass is 10.2. The molecule has 0 radical (unpaired) electrons. The molecule has 1 aromatic heterocycles. The van der Waals surface area contributed by atoms with Crippen LogP contribution in [0.4, 0.5) is 5.69 Å². The molecule has 0 aliphatic carbocycles. The van der Waals surface area contributed by atoms with E-state index in [0.717, 1.165) is 16.9 Å². The lowest BCUT2D eigenvalue weighted by Crippen LogP contribution is -2.30. The lowest BCUT2D eigenvalue weighted by molar-refractivity contribution is 0.0756.